The van der Waals surface area contributed by atoms with Crippen LogP contribution in [0.1, 0.15) is 11.1 Å². The normalized spacial score (nSPS) is 15.4. The van der Waals surface area contributed by atoms with Gasteiger partial charge >= 0.3 is 0 Å². The molecule has 0 aliphatic carbocycles. The molecule has 0 fully saturated rings. The Labute approximate surface area is 135 Å². The fourth-order valence-electron chi connectivity index (χ4n) is 2.00. The largest absolute Gasteiger partial charge is 0.508 e. The van der Waals surface area contributed by atoms with Crippen LogP contribution in [0.5, 0.6) is 5.75 Å². The van der Waals surface area contributed by atoms with Crippen LogP contribution in [0.15, 0.2) is 46.6 Å². The number of amides is 1. The minimum Gasteiger partial charge on any atom is -0.508 e. The molecule has 0 radical (unpaired) electrons. The maximum atomic E-state index is 11.9. The number of phenolic OH excluding ortho intramolecular Hbond substituents is 1. The predicted octanol–water partition coefficient (Wildman–Crippen LogP) is 3.47. The van der Waals surface area contributed by atoms with Crippen LogP contribution in [0.4, 0.5) is 5.69 Å². The minimum absolute atomic E-state index is 0.148. The fourth-order valence-corrected chi connectivity index (χ4v) is 2.54. The third-order valence-electron chi connectivity index (χ3n) is 3.02. The summed E-state index contributed by atoms with van der Waals surface area (Å²) in [5, 5.41) is 20.4. The molecule has 2 aromatic rings. The molecule has 5 nitrogen and oxygen atoms in total. The molecule has 0 unspecified atom stereocenters. The average Bonchev–Trinajstić information content (AvgIpc) is 2.78. The fraction of sp³-hybridized carbons (Fsp3) is 0. The second-order valence-electron chi connectivity index (χ2n) is 4.55. The number of carbonyl (C=O) groups excluding carboxylic acids is 1. The molecule has 7 heteroatoms. The minimum atomic E-state index is -0.387. The number of rotatable bonds is 2. The van der Waals surface area contributed by atoms with Gasteiger partial charge in [0, 0.05) is 10.6 Å². The molecular formula is C15H9Cl2N3O2. The van der Waals surface area contributed by atoms with Gasteiger partial charge in [-0.1, -0.05) is 23.2 Å². The van der Waals surface area contributed by atoms with Crippen LogP contribution < -0.4 is 5.32 Å². The van der Waals surface area contributed by atoms with E-state index in [0.29, 0.717) is 21.3 Å². The average molecular weight is 334 g/mol. The summed E-state index contributed by atoms with van der Waals surface area (Å²) in [6.07, 6.45) is 1.48. The van der Waals surface area contributed by atoms with E-state index in [-0.39, 0.29) is 17.4 Å². The summed E-state index contributed by atoms with van der Waals surface area (Å²) in [6, 6.07) is 9.57. The van der Waals surface area contributed by atoms with E-state index in [9.17, 15) is 9.90 Å². The molecule has 2 N–H and O–H groups in total. The maximum Gasteiger partial charge on any atom is 0.276 e. The van der Waals surface area contributed by atoms with E-state index in [2.05, 4.69) is 15.5 Å². The van der Waals surface area contributed by atoms with Crippen LogP contribution in [0, 0.1) is 0 Å². The Balaban J connectivity index is 1.92. The summed E-state index contributed by atoms with van der Waals surface area (Å²) in [6.45, 7) is 0. The Morgan fingerprint density at radius 2 is 1.86 bits per heavy atom. The van der Waals surface area contributed by atoms with Crippen LogP contribution in [-0.4, -0.2) is 22.9 Å². The van der Waals surface area contributed by atoms with Crippen molar-refractivity contribution >= 4 is 46.7 Å². The van der Waals surface area contributed by atoms with Gasteiger partial charge in [0.1, 0.15) is 5.75 Å². The van der Waals surface area contributed by atoms with E-state index in [1.54, 1.807) is 24.3 Å². The summed E-state index contributed by atoms with van der Waals surface area (Å²) in [4.78, 5) is 11.9. The van der Waals surface area contributed by atoms with E-state index in [4.69, 9.17) is 23.2 Å². The molecule has 1 aliphatic heterocycles. The first kappa shape index (κ1) is 14.6. The molecule has 0 atom stereocenters. The molecule has 1 amide bonds. The number of phenols is 1. The Morgan fingerprint density at radius 3 is 2.59 bits per heavy atom. The third kappa shape index (κ3) is 2.81. The SMILES string of the molecule is O=C1Nc2c(Cl)cc(Cl)cc2C1=NN=Cc1ccc(O)cc1. The van der Waals surface area contributed by atoms with Crippen molar-refractivity contribution in [1.29, 1.82) is 0 Å². The van der Waals surface area contributed by atoms with Gasteiger partial charge < -0.3 is 10.4 Å². The van der Waals surface area contributed by atoms with Gasteiger partial charge in [0.05, 0.1) is 16.9 Å². The van der Waals surface area contributed by atoms with E-state index in [1.807, 2.05) is 0 Å². The highest BCUT2D eigenvalue weighted by molar-refractivity contribution is 6.56. The number of nitrogens with one attached hydrogen (secondary N) is 1. The van der Waals surface area contributed by atoms with Gasteiger partial charge in [-0.2, -0.15) is 5.10 Å². The first-order chi connectivity index (χ1) is 10.5. The number of halogens is 2. The molecule has 22 heavy (non-hydrogen) atoms. The Kier molecular flexibility index (Phi) is 3.83. The topological polar surface area (TPSA) is 74.0 Å². The third-order valence-corrected chi connectivity index (χ3v) is 3.54. The smallest absolute Gasteiger partial charge is 0.276 e. The van der Waals surface area contributed by atoms with Crippen LogP contribution in [0.25, 0.3) is 0 Å². The number of benzene rings is 2. The number of anilines is 1. The summed E-state index contributed by atoms with van der Waals surface area (Å²) in [5.74, 6) is -0.223. The molecule has 1 heterocycles. The number of carbonyl (C=O) groups is 1. The van der Waals surface area contributed by atoms with Gasteiger partial charge in [-0.05, 0) is 42.0 Å². The molecule has 1 aliphatic rings. The van der Waals surface area contributed by atoms with Crippen molar-refractivity contribution in [2.24, 2.45) is 10.2 Å². The van der Waals surface area contributed by atoms with E-state index in [1.165, 1.54) is 18.3 Å². The van der Waals surface area contributed by atoms with Gasteiger partial charge in [0.25, 0.3) is 5.91 Å². The lowest BCUT2D eigenvalue weighted by atomic mass is 10.1. The molecule has 3 rings (SSSR count). The second-order valence-corrected chi connectivity index (χ2v) is 5.39. The molecule has 0 saturated heterocycles. The highest BCUT2D eigenvalue weighted by Crippen LogP contribution is 2.34. The number of hydrogen-bond acceptors (Lipinski definition) is 4. The monoisotopic (exact) mass is 333 g/mol. The number of fused-ring (bicyclic) bond motifs is 1. The molecule has 0 bridgehead atoms. The predicted molar refractivity (Wildman–Crippen MR) is 87.3 cm³/mol. The van der Waals surface area contributed by atoms with Gasteiger partial charge in [-0.15, -0.1) is 5.10 Å². The standard InChI is InChI=1S/C15H9Cl2N3O2/c16-9-5-11-13(12(17)6-9)19-15(22)14(11)20-18-7-8-1-3-10(21)4-2-8/h1-7,21H,(H,19,20,22). The van der Waals surface area contributed by atoms with Crippen LogP contribution in [-0.2, 0) is 4.79 Å². The highest BCUT2D eigenvalue weighted by Gasteiger charge is 2.28. The Hall–Kier alpha value is -2.37. The number of hydrogen-bond donors (Lipinski definition) is 2. The van der Waals surface area contributed by atoms with Crippen LogP contribution in [0.3, 0.4) is 0 Å². The highest BCUT2D eigenvalue weighted by atomic mass is 35.5. The molecule has 110 valence electrons. The lowest BCUT2D eigenvalue weighted by Crippen LogP contribution is -2.13. The van der Waals surface area contributed by atoms with Crippen LogP contribution >= 0.6 is 23.2 Å². The second kappa shape index (κ2) is 5.79. The summed E-state index contributed by atoms with van der Waals surface area (Å²) >= 11 is 12.0. The molecule has 2 aromatic carbocycles. The lowest BCUT2D eigenvalue weighted by molar-refractivity contribution is -0.110. The molecular weight excluding hydrogens is 325 g/mol. The van der Waals surface area contributed by atoms with Crippen molar-refractivity contribution in [3.05, 3.63) is 57.6 Å². The van der Waals surface area contributed by atoms with Crippen molar-refractivity contribution < 1.29 is 9.90 Å². The molecule has 0 spiro atoms. The summed E-state index contributed by atoms with van der Waals surface area (Å²) in [7, 11) is 0. The van der Waals surface area contributed by atoms with Crippen molar-refractivity contribution in [3.8, 4) is 5.75 Å². The van der Waals surface area contributed by atoms with Crippen molar-refractivity contribution in [3.63, 3.8) is 0 Å². The van der Waals surface area contributed by atoms with Gasteiger partial charge in [0.2, 0.25) is 0 Å². The molecule has 0 aromatic heterocycles. The molecule has 0 saturated carbocycles. The van der Waals surface area contributed by atoms with Crippen molar-refractivity contribution in [2.45, 2.75) is 0 Å². The number of nitrogens with zero attached hydrogens (tertiary/aromatic N) is 2. The summed E-state index contributed by atoms with van der Waals surface area (Å²) in [5.41, 5.74) is 1.89. The zero-order chi connectivity index (χ0) is 15.7. The summed E-state index contributed by atoms with van der Waals surface area (Å²) < 4.78 is 0. The quantitative estimate of drug-likeness (QED) is 0.652. The van der Waals surface area contributed by atoms with Crippen LogP contribution in [0.2, 0.25) is 10.0 Å². The number of aromatic hydroxyl groups is 1. The Morgan fingerprint density at radius 1 is 1.14 bits per heavy atom. The van der Waals surface area contributed by atoms with Crippen molar-refractivity contribution in [1.82, 2.24) is 0 Å². The first-order valence-corrected chi connectivity index (χ1v) is 7.01. The van der Waals surface area contributed by atoms with Crippen molar-refractivity contribution in [2.75, 3.05) is 5.32 Å². The first-order valence-electron chi connectivity index (χ1n) is 6.25. The van der Waals surface area contributed by atoms with E-state index in [0.717, 1.165) is 5.56 Å². The van der Waals surface area contributed by atoms with Gasteiger partial charge in [-0.3, -0.25) is 4.79 Å². The van der Waals surface area contributed by atoms with E-state index >= 15 is 0 Å². The lowest BCUT2D eigenvalue weighted by Gasteiger charge is -2.00. The van der Waals surface area contributed by atoms with E-state index < -0.39 is 0 Å². The Bertz CT molecular complexity index is 814. The maximum absolute atomic E-state index is 11.9. The zero-order valence-electron chi connectivity index (χ0n) is 11.0. The van der Waals surface area contributed by atoms with Gasteiger partial charge in [0.15, 0.2) is 5.71 Å². The zero-order valence-corrected chi connectivity index (χ0v) is 12.6. The van der Waals surface area contributed by atoms with Gasteiger partial charge in [-0.25, -0.2) is 0 Å².